The topological polar surface area (TPSA) is 63.2 Å². The van der Waals surface area contributed by atoms with E-state index in [2.05, 4.69) is 4.72 Å². The maximum Gasteiger partial charge on any atom is 0.229 e. The number of sulfonamides is 1. The van der Waals surface area contributed by atoms with Crippen LogP contribution in [0.5, 0.6) is 0 Å². The van der Waals surface area contributed by atoms with E-state index in [1.54, 1.807) is 29.5 Å². The lowest BCUT2D eigenvalue weighted by atomic mass is 10.2. The van der Waals surface area contributed by atoms with Crippen LogP contribution >= 0.6 is 11.3 Å². The second-order valence-corrected chi connectivity index (χ2v) is 7.08. The molecular formula is C13H13NO3S2. The molecule has 0 aliphatic rings. The molecule has 19 heavy (non-hydrogen) atoms. The van der Waals surface area contributed by atoms with Gasteiger partial charge in [-0.3, -0.25) is 9.52 Å². The Bertz CT molecular complexity index is 757. The van der Waals surface area contributed by atoms with Crippen molar-refractivity contribution in [2.45, 2.75) is 6.92 Å². The van der Waals surface area contributed by atoms with Crippen LogP contribution in [0.1, 0.15) is 11.8 Å². The molecule has 0 saturated heterocycles. The molecule has 1 N–H and O–H groups in total. The molecule has 1 aromatic heterocycles. The van der Waals surface area contributed by atoms with Gasteiger partial charge in [0.15, 0.2) is 5.78 Å². The van der Waals surface area contributed by atoms with Gasteiger partial charge in [0.2, 0.25) is 10.0 Å². The summed E-state index contributed by atoms with van der Waals surface area (Å²) >= 11 is 1.55. The molecule has 2 aromatic rings. The molecule has 100 valence electrons. The molecule has 0 spiro atoms. The van der Waals surface area contributed by atoms with Crippen molar-refractivity contribution < 1.29 is 13.2 Å². The molecular weight excluding hydrogens is 282 g/mol. The first-order valence-corrected chi connectivity index (χ1v) is 8.24. The van der Waals surface area contributed by atoms with Crippen LogP contribution < -0.4 is 4.72 Å². The number of hydrogen-bond donors (Lipinski definition) is 1. The number of carbonyl (C=O) groups is 1. The van der Waals surface area contributed by atoms with Crippen LogP contribution in [0.15, 0.2) is 30.3 Å². The standard InChI is InChI=1S/C13H13NO3S2/c1-9(15)3-5-12-8-10-7-11(14-19(2,16)17)4-6-13(10)18-12/h3-8,14H,1-2H3/b5-3+. The summed E-state index contributed by atoms with van der Waals surface area (Å²) in [5.41, 5.74) is 0.537. The Balaban J connectivity index is 2.36. The van der Waals surface area contributed by atoms with Crippen LogP contribution in [0.25, 0.3) is 16.2 Å². The fraction of sp³-hybridized carbons (Fsp3) is 0.154. The number of anilines is 1. The van der Waals surface area contributed by atoms with E-state index in [9.17, 15) is 13.2 Å². The van der Waals surface area contributed by atoms with Gasteiger partial charge in [-0.1, -0.05) is 0 Å². The van der Waals surface area contributed by atoms with Crippen molar-refractivity contribution in [3.63, 3.8) is 0 Å². The fourth-order valence-electron chi connectivity index (χ4n) is 1.62. The summed E-state index contributed by atoms with van der Waals surface area (Å²) in [6, 6.07) is 7.28. The Morgan fingerprint density at radius 1 is 1.32 bits per heavy atom. The maximum absolute atomic E-state index is 11.2. The normalized spacial score (nSPS) is 12.1. The monoisotopic (exact) mass is 295 g/mol. The Kier molecular flexibility index (Phi) is 3.73. The summed E-state index contributed by atoms with van der Waals surface area (Å²) in [5.74, 6) is -0.00288. The van der Waals surface area contributed by atoms with E-state index >= 15 is 0 Å². The third-order valence-electron chi connectivity index (χ3n) is 2.32. The summed E-state index contributed by atoms with van der Waals surface area (Å²) in [7, 11) is -3.27. The first-order valence-electron chi connectivity index (χ1n) is 5.53. The molecule has 1 heterocycles. The van der Waals surface area contributed by atoms with E-state index in [-0.39, 0.29) is 5.78 Å². The Labute approximate surface area is 115 Å². The SMILES string of the molecule is CC(=O)/C=C/c1cc2cc(NS(C)(=O)=O)ccc2s1. The zero-order chi connectivity index (χ0) is 14.0. The van der Waals surface area contributed by atoms with Gasteiger partial charge < -0.3 is 0 Å². The molecule has 0 radical (unpaired) electrons. The maximum atomic E-state index is 11.2. The predicted octanol–water partition coefficient (Wildman–Crippen LogP) is 2.88. The first kappa shape index (κ1) is 13.8. The van der Waals surface area contributed by atoms with Gasteiger partial charge in [-0.25, -0.2) is 8.42 Å². The Hall–Kier alpha value is -1.66. The largest absolute Gasteiger partial charge is 0.295 e. The van der Waals surface area contributed by atoms with Crippen LogP contribution in [-0.4, -0.2) is 20.5 Å². The van der Waals surface area contributed by atoms with Gasteiger partial charge in [0, 0.05) is 15.3 Å². The quantitative estimate of drug-likeness (QED) is 0.882. The number of carbonyl (C=O) groups excluding carboxylic acids is 1. The highest BCUT2D eigenvalue weighted by Crippen LogP contribution is 2.29. The number of allylic oxidation sites excluding steroid dienone is 1. The molecule has 4 nitrogen and oxygen atoms in total. The average molecular weight is 295 g/mol. The number of nitrogens with one attached hydrogen (secondary N) is 1. The van der Waals surface area contributed by atoms with Crippen molar-refractivity contribution >= 4 is 49.0 Å². The first-order chi connectivity index (χ1) is 8.83. The summed E-state index contributed by atoms with van der Waals surface area (Å²) in [5, 5.41) is 0.946. The van der Waals surface area contributed by atoms with Crippen LogP contribution in [0.3, 0.4) is 0 Å². The Morgan fingerprint density at radius 2 is 2.05 bits per heavy atom. The van der Waals surface area contributed by atoms with Gasteiger partial charge in [0.25, 0.3) is 0 Å². The van der Waals surface area contributed by atoms with E-state index in [1.165, 1.54) is 13.0 Å². The molecule has 0 atom stereocenters. The average Bonchev–Trinajstić information content (AvgIpc) is 2.66. The summed E-state index contributed by atoms with van der Waals surface area (Å²) in [6.07, 6.45) is 4.39. The zero-order valence-corrected chi connectivity index (χ0v) is 12.1. The number of fused-ring (bicyclic) bond motifs is 1. The summed E-state index contributed by atoms with van der Waals surface area (Å²) in [6.45, 7) is 1.50. The third-order valence-corrected chi connectivity index (χ3v) is 4.01. The van der Waals surface area contributed by atoms with Gasteiger partial charge in [0.05, 0.1) is 6.26 Å². The molecule has 0 saturated carbocycles. The zero-order valence-electron chi connectivity index (χ0n) is 10.5. The molecule has 0 unspecified atom stereocenters. The number of thiophene rings is 1. The van der Waals surface area contributed by atoms with Gasteiger partial charge in [-0.2, -0.15) is 0 Å². The molecule has 0 amide bonds. The second kappa shape index (κ2) is 5.14. The lowest BCUT2D eigenvalue weighted by Gasteiger charge is -2.02. The minimum Gasteiger partial charge on any atom is -0.295 e. The molecule has 2 rings (SSSR count). The van der Waals surface area contributed by atoms with Crippen molar-refractivity contribution in [2.24, 2.45) is 0 Å². The smallest absolute Gasteiger partial charge is 0.229 e. The molecule has 1 aromatic carbocycles. The molecule has 0 aliphatic carbocycles. The molecule has 0 aliphatic heterocycles. The van der Waals surface area contributed by atoms with Crippen molar-refractivity contribution in [1.82, 2.24) is 0 Å². The minimum absolute atomic E-state index is 0.00288. The third kappa shape index (κ3) is 3.90. The van der Waals surface area contributed by atoms with E-state index in [1.807, 2.05) is 12.1 Å². The number of ketones is 1. The van der Waals surface area contributed by atoms with Crippen LogP contribution in [0, 0.1) is 0 Å². The van der Waals surface area contributed by atoms with Crippen LogP contribution in [-0.2, 0) is 14.8 Å². The Morgan fingerprint density at radius 3 is 2.68 bits per heavy atom. The minimum atomic E-state index is -3.27. The van der Waals surface area contributed by atoms with Crippen molar-refractivity contribution in [3.8, 4) is 0 Å². The van der Waals surface area contributed by atoms with Gasteiger partial charge in [-0.15, -0.1) is 11.3 Å². The van der Waals surface area contributed by atoms with Crippen LogP contribution in [0.2, 0.25) is 0 Å². The van der Waals surface area contributed by atoms with Gasteiger partial charge in [-0.05, 0) is 48.7 Å². The highest BCUT2D eigenvalue weighted by Gasteiger charge is 2.05. The number of rotatable bonds is 4. The summed E-state index contributed by atoms with van der Waals surface area (Å²) < 4.78 is 25.8. The number of hydrogen-bond acceptors (Lipinski definition) is 4. The summed E-state index contributed by atoms with van der Waals surface area (Å²) in [4.78, 5) is 11.8. The van der Waals surface area contributed by atoms with E-state index in [0.29, 0.717) is 5.69 Å². The molecule has 0 bridgehead atoms. The lowest BCUT2D eigenvalue weighted by Crippen LogP contribution is -2.09. The molecule has 0 fully saturated rings. The highest BCUT2D eigenvalue weighted by molar-refractivity contribution is 7.92. The van der Waals surface area contributed by atoms with Crippen molar-refractivity contribution in [2.75, 3.05) is 11.0 Å². The van der Waals surface area contributed by atoms with E-state index in [4.69, 9.17) is 0 Å². The lowest BCUT2D eigenvalue weighted by molar-refractivity contribution is -0.112. The second-order valence-electron chi connectivity index (χ2n) is 4.22. The van der Waals surface area contributed by atoms with Crippen molar-refractivity contribution in [3.05, 3.63) is 35.2 Å². The van der Waals surface area contributed by atoms with Gasteiger partial charge in [0.1, 0.15) is 0 Å². The van der Waals surface area contributed by atoms with Crippen molar-refractivity contribution in [1.29, 1.82) is 0 Å². The van der Waals surface area contributed by atoms with E-state index in [0.717, 1.165) is 21.2 Å². The van der Waals surface area contributed by atoms with E-state index < -0.39 is 10.0 Å². The predicted molar refractivity (Wildman–Crippen MR) is 80.0 cm³/mol. The highest BCUT2D eigenvalue weighted by atomic mass is 32.2. The number of benzene rings is 1. The van der Waals surface area contributed by atoms with Gasteiger partial charge >= 0.3 is 0 Å². The molecule has 6 heteroatoms. The van der Waals surface area contributed by atoms with Crippen LogP contribution in [0.4, 0.5) is 5.69 Å². The fourth-order valence-corrected chi connectivity index (χ4v) is 3.13.